The van der Waals surface area contributed by atoms with Crippen LogP contribution in [0.3, 0.4) is 0 Å². The minimum atomic E-state index is -0.192. The maximum atomic E-state index is 9.52. The summed E-state index contributed by atoms with van der Waals surface area (Å²) in [7, 11) is 1.68. The van der Waals surface area contributed by atoms with Crippen LogP contribution < -0.4 is 0 Å². The highest BCUT2D eigenvalue weighted by Gasteiger charge is 2.09. The zero-order valence-electron chi connectivity index (χ0n) is 8.71. The van der Waals surface area contributed by atoms with Gasteiger partial charge in [0, 0.05) is 7.11 Å². The Bertz CT molecular complexity index is 102. The van der Waals surface area contributed by atoms with Gasteiger partial charge in [0.1, 0.15) is 0 Å². The lowest BCUT2D eigenvalue weighted by Crippen LogP contribution is -2.17. The van der Waals surface area contributed by atoms with Gasteiger partial charge in [-0.3, -0.25) is 0 Å². The lowest BCUT2D eigenvalue weighted by molar-refractivity contribution is 0.0507. The number of hydrogen-bond acceptors (Lipinski definition) is 2. The molecule has 1 N–H and O–H groups in total. The van der Waals surface area contributed by atoms with Crippen molar-refractivity contribution in [2.45, 2.75) is 52.2 Å². The van der Waals surface area contributed by atoms with Crippen LogP contribution in [-0.2, 0) is 4.74 Å². The first-order chi connectivity index (χ1) is 5.56. The van der Waals surface area contributed by atoms with E-state index in [0.717, 1.165) is 19.3 Å². The van der Waals surface area contributed by atoms with Gasteiger partial charge in [0.2, 0.25) is 0 Å². The fourth-order valence-corrected chi connectivity index (χ4v) is 1.12. The van der Waals surface area contributed by atoms with Crippen LogP contribution in [0.15, 0.2) is 0 Å². The van der Waals surface area contributed by atoms with Gasteiger partial charge in [0.25, 0.3) is 0 Å². The molecular weight excluding hydrogens is 152 g/mol. The third-order valence-corrected chi connectivity index (χ3v) is 2.08. The minimum Gasteiger partial charge on any atom is -0.393 e. The second kappa shape index (κ2) is 6.44. The highest BCUT2D eigenvalue weighted by atomic mass is 16.5. The molecule has 0 aromatic heterocycles. The van der Waals surface area contributed by atoms with Gasteiger partial charge in [0.15, 0.2) is 0 Å². The van der Waals surface area contributed by atoms with E-state index in [-0.39, 0.29) is 12.2 Å². The fraction of sp³-hybridized carbons (Fsp3) is 1.00. The third-order valence-electron chi connectivity index (χ3n) is 2.08. The van der Waals surface area contributed by atoms with Crippen molar-refractivity contribution >= 4 is 0 Å². The van der Waals surface area contributed by atoms with Crippen molar-refractivity contribution in [2.24, 2.45) is 5.92 Å². The lowest BCUT2D eigenvalue weighted by atomic mass is 10.0. The maximum Gasteiger partial charge on any atom is 0.0567 e. The van der Waals surface area contributed by atoms with Gasteiger partial charge in [-0.25, -0.2) is 0 Å². The van der Waals surface area contributed by atoms with E-state index in [2.05, 4.69) is 13.8 Å². The fourth-order valence-electron chi connectivity index (χ4n) is 1.12. The molecule has 0 saturated carbocycles. The first-order valence-corrected chi connectivity index (χ1v) is 4.77. The average Bonchev–Trinajstić information content (AvgIpc) is 2.00. The maximum absolute atomic E-state index is 9.52. The molecule has 0 bridgehead atoms. The van der Waals surface area contributed by atoms with Crippen molar-refractivity contribution in [2.75, 3.05) is 7.11 Å². The molecule has 0 radical (unpaired) electrons. The molecule has 2 atom stereocenters. The van der Waals surface area contributed by atoms with E-state index in [1.54, 1.807) is 7.11 Å². The van der Waals surface area contributed by atoms with Gasteiger partial charge in [-0.1, -0.05) is 13.8 Å². The minimum absolute atomic E-state index is 0.173. The van der Waals surface area contributed by atoms with Crippen molar-refractivity contribution in [1.29, 1.82) is 0 Å². The number of rotatable bonds is 6. The molecule has 0 rings (SSSR count). The summed E-state index contributed by atoms with van der Waals surface area (Å²) in [6.45, 7) is 6.33. The Hall–Kier alpha value is -0.0800. The molecule has 0 saturated heterocycles. The van der Waals surface area contributed by atoms with Crippen LogP contribution in [0.5, 0.6) is 0 Å². The summed E-state index contributed by atoms with van der Waals surface area (Å²) >= 11 is 0. The molecule has 0 fully saturated rings. The highest BCUT2D eigenvalue weighted by molar-refractivity contribution is 4.61. The molecule has 0 spiro atoms. The molecule has 0 amide bonds. The molecule has 74 valence electrons. The van der Waals surface area contributed by atoms with Crippen LogP contribution in [0.2, 0.25) is 0 Å². The normalized spacial score (nSPS) is 16.5. The molecule has 0 aromatic rings. The first-order valence-electron chi connectivity index (χ1n) is 4.77. The number of aliphatic hydroxyl groups is 1. The molecular formula is C10H22O2. The number of methoxy groups -OCH3 is 1. The van der Waals surface area contributed by atoms with Crippen LogP contribution >= 0.6 is 0 Å². The van der Waals surface area contributed by atoms with Crippen LogP contribution in [-0.4, -0.2) is 24.4 Å². The van der Waals surface area contributed by atoms with Gasteiger partial charge in [-0.2, -0.15) is 0 Å². The topological polar surface area (TPSA) is 29.5 Å². The summed E-state index contributed by atoms with van der Waals surface area (Å²) < 4.78 is 5.07. The lowest BCUT2D eigenvalue weighted by Gasteiger charge is -2.15. The van der Waals surface area contributed by atoms with E-state index in [4.69, 9.17) is 4.74 Å². The molecule has 0 aliphatic carbocycles. The van der Waals surface area contributed by atoms with E-state index >= 15 is 0 Å². The zero-order chi connectivity index (χ0) is 9.56. The quantitative estimate of drug-likeness (QED) is 0.669. The smallest absolute Gasteiger partial charge is 0.0567 e. The van der Waals surface area contributed by atoms with E-state index in [1.165, 1.54) is 0 Å². The molecule has 0 aromatic carbocycles. The zero-order valence-corrected chi connectivity index (χ0v) is 8.71. The standard InChI is InChI=1S/C10H22O2/c1-8(2)5-6-10(11)7-9(3)12-4/h8-11H,5-7H2,1-4H3. The van der Waals surface area contributed by atoms with Gasteiger partial charge in [-0.05, 0) is 32.1 Å². The van der Waals surface area contributed by atoms with Crippen LogP contribution in [0.4, 0.5) is 0 Å². The monoisotopic (exact) mass is 174 g/mol. The second-order valence-electron chi connectivity index (χ2n) is 3.91. The predicted octanol–water partition coefficient (Wildman–Crippen LogP) is 2.21. The summed E-state index contributed by atoms with van der Waals surface area (Å²) in [6.07, 6.45) is 2.72. The molecule has 0 aliphatic rings. The van der Waals surface area contributed by atoms with Crippen LogP contribution in [0.1, 0.15) is 40.0 Å². The molecule has 12 heavy (non-hydrogen) atoms. The summed E-state index contributed by atoms with van der Waals surface area (Å²) in [6, 6.07) is 0. The number of aliphatic hydroxyl groups excluding tert-OH is 1. The van der Waals surface area contributed by atoms with Crippen molar-refractivity contribution in [3.63, 3.8) is 0 Å². The Morgan fingerprint density at radius 3 is 2.17 bits per heavy atom. The summed E-state index contributed by atoms with van der Waals surface area (Å²) in [5, 5.41) is 9.52. The Morgan fingerprint density at radius 1 is 1.17 bits per heavy atom. The van der Waals surface area contributed by atoms with Gasteiger partial charge in [0.05, 0.1) is 12.2 Å². The van der Waals surface area contributed by atoms with Gasteiger partial charge in [-0.15, -0.1) is 0 Å². The van der Waals surface area contributed by atoms with Gasteiger partial charge < -0.3 is 9.84 Å². The predicted molar refractivity (Wildman–Crippen MR) is 51.2 cm³/mol. The Labute approximate surface area is 75.9 Å². The molecule has 2 unspecified atom stereocenters. The van der Waals surface area contributed by atoms with E-state index < -0.39 is 0 Å². The largest absolute Gasteiger partial charge is 0.393 e. The van der Waals surface area contributed by atoms with Crippen molar-refractivity contribution < 1.29 is 9.84 Å². The second-order valence-corrected chi connectivity index (χ2v) is 3.91. The molecule has 0 aliphatic heterocycles. The van der Waals surface area contributed by atoms with Crippen molar-refractivity contribution in [3.05, 3.63) is 0 Å². The Morgan fingerprint density at radius 2 is 1.75 bits per heavy atom. The highest BCUT2D eigenvalue weighted by Crippen LogP contribution is 2.11. The first kappa shape index (κ1) is 11.9. The number of ether oxygens (including phenoxy) is 1. The molecule has 2 heteroatoms. The molecule has 0 heterocycles. The summed E-state index contributed by atoms with van der Waals surface area (Å²) in [5.41, 5.74) is 0. The van der Waals surface area contributed by atoms with Gasteiger partial charge >= 0.3 is 0 Å². The van der Waals surface area contributed by atoms with E-state index in [1.807, 2.05) is 6.92 Å². The van der Waals surface area contributed by atoms with Crippen molar-refractivity contribution in [3.8, 4) is 0 Å². The van der Waals surface area contributed by atoms with Crippen LogP contribution in [0.25, 0.3) is 0 Å². The third kappa shape index (κ3) is 6.62. The molecule has 2 nitrogen and oxygen atoms in total. The van der Waals surface area contributed by atoms with Crippen molar-refractivity contribution in [1.82, 2.24) is 0 Å². The Balaban J connectivity index is 3.39. The summed E-state index contributed by atoms with van der Waals surface area (Å²) in [5.74, 6) is 0.678. The van der Waals surface area contributed by atoms with Crippen LogP contribution in [0, 0.1) is 5.92 Å². The van der Waals surface area contributed by atoms with E-state index in [0.29, 0.717) is 5.92 Å². The summed E-state index contributed by atoms with van der Waals surface area (Å²) in [4.78, 5) is 0. The van der Waals surface area contributed by atoms with E-state index in [9.17, 15) is 5.11 Å². The number of hydrogen-bond donors (Lipinski definition) is 1. The SMILES string of the molecule is COC(C)CC(O)CCC(C)C. The average molecular weight is 174 g/mol. The Kier molecular flexibility index (Phi) is 6.39.